The van der Waals surface area contributed by atoms with Crippen LogP contribution in [0.1, 0.15) is 37.0 Å². The van der Waals surface area contributed by atoms with Crippen molar-refractivity contribution < 1.29 is 19.4 Å². The topological polar surface area (TPSA) is 55.8 Å². The highest BCUT2D eigenvalue weighted by molar-refractivity contribution is 5.90. The Morgan fingerprint density at radius 2 is 2.22 bits per heavy atom. The van der Waals surface area contributed by atoms with Crippen molar-refractivity contribution in [3.63, 3.8) is 0 Å². The fourth-order valence-corrected chi connectivity index (χ4v) is 2.15. The first-order valence-corrected chi connectivity index (χ1v) is 6.11. The van der Waals surface area contributed by atoms with Gasteiger partial charge >= 0.3 is 5.97 Å². The van der Waals surface area contributed by atoms with E-state index in [1.807, 2.05) is 0 Å². The number of hydrogen-bond acceptors (Lipinski definition) is 3. The molecule has 4 nitrogen and oxygen atoms in total. The second-order valence-electron chi connectivity index (χ2n) is 5.15. The van der Waals surface area contributed by atoms with Crippen molar-refractivity contribution in [2.75, 3.05) is 6.61 Å². The SMILES string of the molecule is CC1(C)CCC(COc2ccccc2C(=O)O)O1. The van der Waals surface area contributed by atoms with Crippen molar-refractivity contribution >= 4 is 5.97 Å². The minimum absolute atomic E-state index is 0.0434. The molecular formula is C14H18O4. The molecule has 1 aliphatic heterocycles. The van der Waals surface area contributed by atoms with E-state index in [1.54, 1.807) is 18.2 Å². The van der Waals surface area contributed by atoms with Gasteiger partial charge in [-0.3, -0.25) is 0 Å². The van der Waals surface area contributed by atoms with Crippen LogP contribution in [-0.2, 0) is 4.74 Å². The van der Waals surface area contributed by atoms with E-state index in [1.165, 1.54) is 6.07 Å². The Hall–Kier alpha value is -1.55. The van der Waals surface area contributed by atoms with Crippen LogP contribution in [0.4, 0.5) is 0 Å². The Labute approximate surface area is 107 Å². The molecule has 98 valence electrons. The number of carboxylic acid groups (broad SMARTS) is 1. The molecule has 0 saturated carbocycles. The van der Waals surface area contributed by atoms with E-state index in [9.17, 15) is 4.79 Å². The van der Waals surface area contributed by atoms with Gasteiger partial charge in [0.2, 0.25) is 0 Å². The van der Waals surface area contributed by atoms with Crippen LogP contribution in [0.2, 0.25) is 0 Å². The number of para-hydroxylation sites is 1. The molecular weight excluding hydrogens is 232 g/mol. The third-order valence-corrected chi connectivity index (χ3v) is 3.10. The molecule has 0 aliphatic carbocycles. The lowest BCUT2D eigenvalue weighted by molar-refractivity contribution is -0.0328. The fraction of sp³-hybridized carbons (Fsp3) is 0.500. The minimum Gasteiger partial charge on any atom is -0.490 e. The van der Waals surface area contributed by atoms with Crippen molar-refractivity contribution in [3.05, 3.63) is 29.8 Å². The molecule has 1 aliphatic rings. The van der Waals surface area contributed by atoms with Gasteiger partial charge in [-0.2, -0.15) is 0 Å². The smallest absolute Gasteiger partial charge is 0.339 e. The van der Waals surface area contributed by atoms with Gasteiger partial charge < -0.3 is 14.6 Å². The number of hydrogen-bond donors (Lipinski definition) is 1. The predicted octanol–water partition coefficient (Wildman–Crippen LogP) is 2.72. The number of rotatable bonds is 4. The molecule has 0 spiro atoms. The number of carboxylic acids is 1. The second-order valence-corrected chi connectivity index (χ2v) is 5.15. The van der Waals surface area contributed by atoms with E-state index < -0.39 is 5.97 Å². The first kappa shape index (κ1) is 12.9. The Morgan fingerprint density at radius 3 is 2.83 bits per heavy atom. The number of carbonyl (C=O) groups is 1. The maximum Gasteiger partial charge on any atom is 0.339 e. The van der Waals surface area contributed by atoms with Crippen molar-refractivity contribution in [2.24, 2.45) is 0 Å². The second kappa shape index (κ2) is 4.98. The molecule has 1 aromatic rings. The summed E-state index contributed by atoms with van der Waals surface area (Å²) in [5, 5.41) is 9.03. The van der Waals surface area contributed by atoms with Gasteiger partial charge in [-0.25, -0.2) is 4.79 Å². The lowest BCUT2D eigenvalue weighted by Gasteiger charge is -2.19. The molecule has 0 bridgehead atoms. The molecule has 1 fully saturated rings. The van der Waals surface area contributed by atoms with E-state index in [2.05, 4.69) is 13.8 Å². The average molecular weight is 250 g/mol. The zero-order valence-corrected chi connectivity index (χ0v) is 10.7. The summed E-state index contributed by atoms with van der Waals surface area (Å²) < 4.78 is 11.4. The van der Waals surface area contributed by atoms with E-state index in [-0.39, 0.29) is 17.3 Å². The van der Waals surface area contributed by atoms with Crippen LogP contribution in [0.15, 0.2) is 24.3 Å². The normalized spacial score (nSPS) is 21.8. The molecule has 4 heteroatoms. The Kier molecular flexibility index (Phi) is 3.57. The Balaban J connectivity index is 1.97. The standard InChI is InChI=1S/C14H18O4/c1-14(2)8-7-10(18-14)9-17-12-6-4-3-5-11(12)13(15)16/h3-6,10H,7-9H2,1-2H3,(H,15,16). The van der Waals surface area contributed by atoms with E-state index in [4.69, 9.17) is 14.6 Å². The van der Waals surface area contributed by atoms with Gasteiger partial charge in [0.25, 0.3) is 0 Å². The monoisotopic (exact) mass is 250 g/mol. The van der Waals surface area contributed by atoms with Gasteiger partial charge in [-0.1, -0.05) is 12.1 Å². The third kappa shape index (κ3) is 3.01. The molecule has 18 heavy (non-hydrogen) atoms. The van der Waals surface area contributed by atoms with Crippen molar-refractivity contribution in [3.8, 4) is 5.75 Å². The van der Waals surface area contributed by atoms with Crippen molar-refractivity contribution in [1.29, 1.82) is 0 Å². The predicted molar refractivity (Wildman–Crippen MR) is 67.1 cm³/mol. The largest absolute Gasteiger partial charge is 0.490 e. The zero-order chi connectivity index (χ0) is 13.2. The molecule has 0 aromatic heterocycles. The maximum absolute atomic E-state index is 11.0. The summed E-state index contributed by atoms with van der Waals surface area (Å²) in [6.45, 7) is 4.50. The van der Waals surface area contributed by atoms with Crippen LogP contribution in [-0.4, -0.2) is 29.4 Å². The lowest BCUT2D eigenvalue weighted by Crippen LogP contribution is -2.24. The zero-order valence-electron chi connectivity index (χ0n) is 10.7. The quantitative estimate of drug-likeness (QED) is 0.892. The van der Waals surface area contributed by atoms with Crippen LogP contribution < -0.4 is 4.74 Å². The maximum atomic E-state index is 11.0. The van der Waals surface area contributed by atoms with Crippen molar-refractivity contribution in [1.82, 2.24) is 0 Å². The van der Waals surface area contributed by atoms with Gasteiger partial charge in [0.15, 0.2) is 0 Å². The molecule has 1 aromatic carbocycles. The molecule has 1 unspecified atom stereocenters. The number of ether oxygens (including phenoxy) is 2. The minimum atomic E-state index is -0.974. The highest BCUT2D eigenvalue weighted by atomic mass is 16.6. The van der Waals surface area contributed by atoms with Gasteiger partial charge in [-0.15, -0.1) is 0 Å². The summed E-state index contributed by atoms with van der Waals surface area (Å²) in [4.78, 5) is 11.0. The van der Waals surface area contributed by atoms with Crippen LogP contribution in [0, 0.1) is 0 Å². The average Bonchev–Trinajstić information content (AvgIpc) is 2.66. The number of benzene rings is 1. The van der Waals surface area contributed by atoms with Crippen LogP contribution in [0.5, 0.6) is 5.75 Å². The van der Waals surface area contributed by atoms with E-state index in [0.717, 1.165) is 12.8 Å². The summed E-state index contributed by atoms with van der Waals surface area (Å²) in [5.41, 5.74) is 0.0927. The van der Waals surface area contributed by atoms with Gasteiger partial charge in [0, 0.05) is 0 Å². The summed E-state index contributed by atoms with van der Waals surface area (Å²) in [6, 6.07) is 6.66. The Morgan fingerprint density at radius 1 is 1.50 bits per heavy atom. The number of aromatic carboxylic acids is 1. The molecule has 1 saturated heterocycles. The summed E-state index contributed by atoms with van der Waals surface area (Å²) in [5.74, 6) is -0.573. The van der Waals surface area contributed by atoms with Crippen LogP contribution in [0.25, 0.3) is 0 Å². The molecule has 0 amide bonds. The van der Waals surface area contributed by atoms with Gasteiger partial charge in [-0.05, 0) is 38.8 Å². The van der Waals surface area contributed by atoms with Gasteiger partial charge in [0.05, 0.1) is 11.7 Å². The lowest BCUT2D eigenvalue weighted by atomic mass is 10.1. The van der Waals surface area contributed by atoms with E-state index >= 15 is 0 Å². The molecule has 0 radical (unpaired) electrons. The summed E-state index contributed by atoms with van der Waals surface area (Å²) in [6.07, 6.45) is 1.99. The Bertz CT molecular complexity index is 439. The molecule has 2 rings (SSSR count). The van der Waals surface area contributed by atoms with Gasteiger partial charge in [0.1, 0.15) is 17.9 Å². The van der Waals surface area contributed by atoms with Crippen LogP contribution in [0.3, 0.4) is 0 Å². The summed E-state index contributed by atoms with van der Waals surface area (Å²) in [7, 11) is 0. The highest BCUT2D eigenvalue weighted by Crippen LogP contribution is 2.30. The fourth-order valence-electron chi connectivity index (χ4n) is 2.15. The molecule has 1 N–H and O–H groups in total. The van der Waals surface area contributed by atoms with Crippen molar-refractivity contribution in [2.45, 2.75) is 38.4 Å². The first-order chi connectivity index (χ1) is 8.48. The highest BCUT2D eigenvalue weighted by Gasteiger charge is 2.32. The van der Waals surface area contributed by atoms with E-state index in [0.29, 0.717) is 12.4 Å². The molecule has 1 atom stereocenters. The van der Waals surface area contributed by atoms with Crippen LogP contribution >= 0.6 is 0 Å². The molecule has 1 heterocycles. The summed E-state index contributed by atoms with van der Waals surface area (Å²) >= 11 is 0. The first-order valence-electron chi connectivity index (χ1n) is 6.11. The third-order valence-electron chi connectivity index (χ3n) is 3.10.